The van der Waals surface area contributed by atoms with Crippen LogP contribution in [0.5, 0.6) is 0 Å². The van der Waals surface area contributed by atoms with Gasteiger partial charge >= 0.3 is 0 Å². The van der Waals surface area contributed by atoms with E-state index < -0.39 is 0 Å². The maximum absolute atomic E-state index is 9.84. The number of aliphatic hydroxyl groups excluding tert-OH is 1. The Hall–Kier alpha value is -1.28. The molecular weight excluding hydrogens is 336 g/mol. The molecule has 1 N–H and O–H groups in total. The standard InChI is InChI=1S/C18H26N4O2S/c1-12-13(2)25-18-16(12)17(22-5-3-14(23)4-6-22)19-15(20-18)11-21-7-9-24-10-8-21/h14,23H,3-11H2,1-2H3. The molecule has 25 heavy (non-hydrogen) atoms. The van der Waals surface area contributed by atoms with Crippen molar-refractivity contribution in [1.29, 1.82) is 0 Å². The number of fused-ring (bicyclic) bond motifs is 1. The molecule has 6 nitrogen and oxygen atoms in total. The van der Waals surface area contributed by atoms with Gasteiger partial charge in [0.15, 0.2) is 0 Å². The molecule has 2 aliphatic rings. The average Bonchev–Trinajstić information content (AvgIpc) is 2.90. The summed E-state index contributed by atoms with van der Waals surface area (Å²) in [6.07, 6.45) is 1.45. The van der Waals surface area contributed by atoms with E-state index in [2.05, 4.69) is 23.6 Å². The molecule has 0 saturated carbocycles. The van der Waals surface area contributed by atoms with E-state index in [-0.39, 0.29) is 6.10 Å². The molecule has 2 aromatic rings. The van der Waals surface area contributed by atoms with Crippen LogP contribution in [0.3, 0.4) is 0 Å². The normalized spacial score (nSPS) is 20.5. The molecule has 4 rings (SSSR count). The summed E-state index contributed by atoms with van der Waals surface area (Å²) in [5.41, 5.74) is 1.29. The summed E-state index contributed by atoms with van der Waals surface area (Å²) in [6, 6.07) is 0. The minimum Gasteiger partial charge on any atom is -0.393 e. The number of nitrogens with zero attached hydrogens (tertiary/aromatic N) is 4. The second-order valence-corrected chi connectivity index (χ2v) is 8.24. The number of ether oxygens (including phenoxy) is 1. The predicted molar refractivity (Wildman–Crippen MR) is 100 cm³/mol. The third kappa shape index (κ3) is 3.51. The van der Waals surface area contributed by atoms with E-state index >= 15 is 0 Å². The van der Waals surface area contributed by atoms with E-state index in [0.29, 0.717) is 0 Å². The van der Waals surface area contributed by atoms with Gasteiger partial charge < -0.3 is 14.7 Å². The Morgan fingerprint density at radius 1 is 1.12 bits per heavy atom. The molecule has 0 spiro atoms. The molecule has 2 aliphatic heterocycles. The fourth-order valence-electron chi connectivity index (χ4n) is 3.61. The molecule has 2 saturated heterocycles. The van der Waals surface area contributed by atoms with Crippen LogP contribution in [0.2, 0.25) is 0 Å². The third-order valence-electron chi connectivity index (χ3n) is 5.29. The van der Waals surface area contributed by atoms with Crippen LogP contribution < -0.4 is 4.90 Å². The first-order chi connectivity index (χ1) is 12.1. The van der Waals surface area contributed by atoms with Gasteiger partial charge in [0.1, 0.15) is 16.5 Å². The van der Waals surface area contributed by atoms with Crippen molar-refractivity contribution in [2.45, 2.75) is 39.3 Å². The van der Waals surface area contributed by atoms with E-state index in [4.69, 9.17) is 14.7 Å². The lowest BCUT2D eigenvalue weighted by molar-refractivity contribution is 0.0331. The summed E-state index contributed by atoms with van der Waals surface area (Å²) in [7, 11) is 0. The molecule has 0 aromatic carbocycles. The average molecular weight is 362 g/mol. The highest BCUT2D eigenvalue weighted by Gasteiger charge is 2.24. The first-order valence-electron chi connectivity index (χ1n) is 9.11. The summed E-state index contributed by atoms with van der Waals surface area (Å²) < 4.78 is 5.44. The first kappa shape index (κ1) is 17.1. The molecular formula is C18H26N4O2S. The fraction of sp³-hybridized carbons (Fsp3) is 0.667. The summed E-state index contributed by atoms with van der Waals surface area (Å²) in [5.74, 6) is 1.96. The molecule has 2 fully saturated rings. The summed E-state index contributed by atoms with van der Waals surface area (Å²) in [4.78, 5) is 16.9. The Morgan fingerprint density at radius 3 is 2.56 bits per heavy atom. The number of hydrogen-bond donors (Lipinski definition) is 1. The smallest absolute Gasteiger partial charge is 0.146 e. The lowest BCUT2D eigenvalue weighted by Crippen LogP contribution is -2.38. The third-order valence-corrected chi connectivity index (χ3v) is 6.39. The van der Waals surface area contributed by atoms with Crippen LogP contribution in [-0.2, 0) is 11.3 Å². The van der Waals surface area contributed by atoms with E-state index in [1.54, 1.807) is 11.3 Å². The fourth-order valence-corrected chi connectivity index (χ4v) is 4.65. The lowest BCUT2D eigenvalue weighted by Gasteiger charge is -2.31. The zero-order valence-corrected chi connectivity index (χ0v) is 15.8. The zero-order chi connectivity index (χ0) is 17.4. The van der Waals surface area contributed by atoms with E-state index in [9.17, 15) is 5.11 Å². The topological polar surface area (TPSA) is 61.7 Å². The monoisotopic (exact) mass is 362 g/mol. The predicted octanol–water partition coefficient (Wildman–Crippen LogP) is 2.10. The van der Waals surface area contributed by atoms with Gasteiger partial charge in [0.2, 0.25) is 0 Å². The molecule has 0 radical (unpaired) electrons. The van der Waals surface area contributed by atoms with Crippen LogP contribution in [-0.4, -0.2) is 65.5 Å². The highest BCUT2D eigenvalue weighted by Crippen LogP contribution is 2.36. The van der Waals surface area contributed by atoms with Crippen LogP contribution in [0.1, 0.15) is 29.1 Å². The van der Waals surface area contributed by atoms with E-state index in [0.717, 1.165) is 75.3 Å². The van der Waals surface area contributed by atoms with Gasteiger partial charge in [-0.05, 0) is 32.3 Å². The largest absolute Gasteiger partial charge is 0.393 e. The van der Waals surface area contributed by atoms with Gasteiger partial charge in [-0.3, -0.25) is 4.90 Å². The number of morpholine rings is 1. The van der Waals surface area contributed by atoms with Crippen molar-refractivity contribution in [1.82, 2.24) is 14.9 Å². The number of rotatable bonds is 3. The summed E-state index contributed by atoms with van der Waals surface area (Å²) in [6.45, 7) is 10.3. The van der Waals surface area contributed by atoms with E-state index in [1.807, 2.05) is 0 Å². The number of aromatic nitrogens is 2. The lowest BCUT2D eigenvalue weighted by atomic mass is 10.1. The Morgan fingerprint density at radius 2 is 1.84 bits per heavy atom. The van der Waals surface area contributed by atoms with Gasteiger partial charge in [-0.15, -0.1) is 11.3 Å². The van der Waals surface area contributed by atoms with Gasteiger partial charge in [0, 0.05) is 31.1 Å². The van der Waals surface area contributed by atoms with Crippen LogP contribution >= 0.6 is 11.3 Å². The molecule has 0 atom stereocenters. The second kappa shape index (κ2) is 7.15. The minimum atomic E-state index is -0.174. The number of piperidine rings is 1. The molecule has 0 aliphatic carbocycles. The Balaban J connectivity index is 1.70. The molecule has 0 bridgehead atoms. The van der Waals surface area contributed by atoms with Gasteiger partial charge in [-0.1, -0.05) is 0 Å². The maximum atomic E-state index is 9.84. The number of aliphatic hydroxyl groups is 1. The van der Waals surface area contributed by atoms with Gasteiger partial charge in [0.25, 0.3) is 0 Å². The SMILES string of the molecule is Cc1sc2nc(CN3CCOCC3)nc(N3CCC(O)CC3)c2c1C. The molecule has 4 heterocycles. The molecule has 7 heteroatoms. The molecule has 0 unspecified atom stereocenters. The number of thiophene rings is 1. The minimum absolute atomic E-state index is 0.174. The van der Waals surface area contributed by atoms with Gasteiger partial charge in [-0.25, -0.2) is 9.97 Å². The van der Waals surface area contributed by atoms with Crippen molar-refractivity contribution >= 4 is 27.4 Å². The van der Waals surface area contributed by atoms with Crippen molar-refractivity contribution in [3.8, 4) is 0 Å². The number of hydrogen-bond acceptors (Lipinski definition) is 7. The van der Waals surface area contributed by atoms with Crippen LogP contribution in [0, 0.1) is 13.8 Å². The first-order valence-corrected chi connectivity index (χ1v) is 9.93. The van der Waals surface area contributed by atoms with Crippen LogP contribution in [0.25, 0.3) is 10.2 Å². The summed E-state index contributed by atoms with van der Waals surface area (Å²) >= 11 is 1.76. The summed E-state index contributed by atoms with van der Waals surface area (Å²) in [5, 5.41) is 11.0. The number of anilines is 1. The van der Waals surface area contributed by atoms with Crippen molar-refractivity contribution in [2.24, 2.45) is 0 Å². The van der Waals surface area contributed by atoms with Crippen molar-refractivity contribution in [2.75, 3.05) is 44.3 Å². The van der Waals surface area contributed by atoms with Crippen LogP contribution in [0.4, 0.5) is 5.82 Å². The molecule has 2 aromatic heterocycles. The highest BCUT2D eigenvalue weighted by atomic mass is 32.1. The van der Waals surface area contributed by atoms with Crippen molar-refractivity contribution in [3.63, 3.8) is 0 Å². The van der Waals surface area contributed by atoms with Crippen molar-refractivity contribution in [3.05, 3.63) is 16.3 Å². The van der Waals surface area contributed by atoms with Gasteiger partial charge in [-0.2, -0.15) is 0 Å². The molecule has 136 valence electrons. The highest BCUT2D eigenvalue weighted by molar-refractivity contribution is 7.18. The second-order valence-electron chi connectivity index (χ2n) is 7.03. The van der Waals surface area contributed by atoms with Crippen LogP contribution in [0.15, 0.2) is 0 Å². The number of aryl methyl sites for hydroxylation is 2. The Kier molecular flexibility index (Phi) is 4.90. The Labute approximate surface area is 152 Å². The Bertz CT molecular complexity index is 749. The quantitative estimate of drug-likeness (QED) is 0.902. The van der Waals surface area contributed by atoms with Crippen molar-refractivity contribution < 1.29 is 9.84 Å². The van der Waals surface area contributed by atoms with E-state index in [1.165, 1.54) is 15.8 Å². The van der Waals surface area contributed by atoms with Gasteiger partial charge in [0.05, 0.1) is 31.2 Å². The zero-order valence-electron chi connectivity index (χ0n) is 15.0. The maximum Gasteiger partial charge on any atom is 0.146 e. The molecule has 0 amide bonds.